The van der Waals surface area contributed by atoms with Gasteiger partial charge >= 0.3 is 0 Å². The van der Waals surface area contributed by atoms with Crippen molar-refractivity contribution in [2.75, 3.05) is 6.26 Å². The Bertz CT molecular complexity index is 711. The van der Waals surface area contributed by atoms with Crippen LogP contribution in [0.15, 0.2) is 24.3 Å². The maximum atomic E-state index is 11.9. The standard InChI is InChI=1S/C12H14ClNO3S/c1-12(2,15)11-7-8-6-9(13)4-5-10(8)14(11)18(3,16)17/h4-7,15H,1-3H3. The van der Waals surface area contributed by atoms with E-state index in [1.165, 1.54) is 0 Å². The summed E-state index contributed by atoms with van der Waals surface area (Å²) in [6.07, 6.45) is 1.11. The van der Waals surface area contributed by atoms with E-state index in [0.29, 0.717) is 21.6 Å². The maximum absolute atomic E-state index is 11.9. The maximum Gasteiger partial charge on any atom is 0.236 e. The van der Waals surface area contributed by atoms with Crippen molar-refractivity contribution in [3.05, 3.63) is 35.0 Å². The summed E-state index contributed by atoms with van der Waals surface area (Å²) in [6.45, 7) is 3.09. The molecular weight excluding hydrogens is 274 g/mol. The van der Waals surface area contributed by atoms with Gasteiger partial charge in [0.15, 0.2) is 0 Å². The molecule has 0 aliphatic carbocycles. The highest BCUT2D eigenvalue weighted by Gasteiger charge is 2.26. The van der Waals surface area contributed by atoms with Gasteiger partial charge < -0.3 is 5.11 Å². The number of rotatable bonds is 2. The second-order valence-electron chi connectivity index (χ2n) is 4.82. The molecule has 0 aliphatic heterocycles. The molecule has 18 heavy (non-hydrogen) atoms. The van der Waals surface area contributed by atoms with Crippen molar-refractivity contribution in [3.63, 3.8) is 0 Å². The zero-order valence-corrected chi connectivity index (χ0v) is 11.9. The summed E-state index contributed by atoms with van der Waals surface area (Å²) in [5.74, 6) is 0. The number of hydrogen-bond donors (Lipinski definition) is 1. The van der Waals surface area contributed by atoms with Crippen molar-refractivity contribution in [2.45, 2.75) is 19.4 Å². The molecule has 6 heteroatoms. The van der Waals surface area contributed by atoms with Gasteiger partial charge in [0.1, 0.15) is 5.60 Å². The van der Waals surface area contributed by atoms with Gasteiger partial charge in [0, 0.05) is 10.4 Å². The van der Waals surface area contributed by atoms with Crippen LogP contribution in [0.3, 0.4) is 0 Å². The summed E-state index contributed by atoms with van der Waals surface area (Å²) in [5, 5.41) is 11.3. The van der Waals surface area contributed by atoms with Gasteiger partial charge in [0.25, 0.3) is 0 Å². The summed E-state index contributed by atoms with van der Waals surface area (Å²) >= 11 is 5.89. The Labute approximate surface area is 111 Å². The largest absolute Gasteiger partial charge is 0.384 e. The lowest BCUT2D eigenvalue weighted by molar-refractivity contribution is 0.0734. The number of halogens is 1. The van der Waals surface area contributed by atoms with Gasteiger partial charge in [0.2, 0.25) is 10.0 Å². The fraction of sp³-hybridized carbons (Fsp3) is 0.333. The number of hydrogen-bond acceptors (Lipinski definition) is 3. The molecule has 1 heterocycles. The van der Waals surface area contributed by atoms with Gasteiger partial charge in [-0.3, -0.25) is 0 Å². The second kappa shape index (κ2) is 3.98. The van der Waals surface area contributed by atoms with Crippen molar-refractivity contribution in [1.29, 1.82) is 0 Å². The van der Waals surface area contributed by atoms with Crippen LogP contribution in [0.1, 0.15) is 19.5 Å². The van der Waals surface area contributed by atoms with E-state index in [1.807, 2.05) is 0 Å². The number of aromatic nitrogens is 1. The molecule has 0 amide bonds. The van der Waals surface area contributed by atoms with Crippen molar-refractivity contribution >= 4 is 32.5 Å². The average molecular weight is 288 g/mol. The number of fused-ring (bicyclic) bond motifs is 1. The summed E-state index contributed by atoms with van der Waals surface area (Å²) in [7, 11) is -3.50. The van der Waals surface area contributed by atoms with Crippen LogP contribution >= 0.6 is 11.6 Å². The van der Waals surface area contributed by atoms with E-state index in [0.717, 1.165) is 10.2 Å². The van der Waals surface area contributed by atoms with Crippen LogP contribution in [0, 0.1) is 0 Å². The Morgan fingerprint density at radius 3 is 2.39 bits per heavy atom. The lowest BCUT2D eigenvalue weighted by Crippen LogP contribution is -2.24. The van der Waals surface area contributed by atoms with Gasteiger partial charge in [-0.05, 0) is 38.1 Å². The lowest BCUT2D eigenvalue weighted by atomic mass is 10.1. The first-order valence-electron chi connectivity index (χ1n) is 5.35. The first kappa shape index (κ1) is 13.4. The van der Waals surface area contributed by atoms with E-state index < -0.39 is 15.6 Å². The Kier molecular flexibility index (Phi) is 2.96. The Morgan fingerprint density at radius 1 is 1.28 bits per heavy atom. The van der Waals surface area contributed by atoms with E-state index in [9.17, 15) is 13.5 Å². The summed E-state index contributed by atoms with van der Waals surface area (Å²) in [4.78, 5) is 0. The van der Waals surface area contributed by atoms with Crippen LogP contribution in [-0.2, 0) is 15.6 Å². The highest BCUT2D eigenvalue weighted by atomic mass is 35.5. The Balaban J connectivity index is 2.95. The molecule has 1 aromatic carbocycles. The molecule has 0 saturated carbocycles. The van der Waals surface area contributed by atoms with Crippen LogP contribution in [0.25, 0.3) is 10.9 Å². The molecule has 0 spiro atoms. The third-order valence-electron chi connectivity index (χ3n) is 2.68. The number of nitrogens with zero attached hydrogens (tertiary/aromatic N) is 1. The van der Waals surface area contributed by atoms with Gasteiger partial charge in [-0.15, -0.1) is 0 Å². The fourth-order valence-electron chi connectivity index (χ4n) is 1.94. The van der Waals surface area contributed by atoms with E-state index in [4.69, 9.17) is 11.6 Å². The van der Waals surface area contributed by atoms with Crippen molar-refractivity contribution in [2.24, 2.45) is 0 Å². The molecule has 2 aromatic rings. The minimum Gasteiger partial charge on any atom is -0.384 e. The molecule has 4 nitrogen and oxygen atoms in total. The summed E-state index contributed by atoms with van der Waals surface area (Å²) in [5.41, 5.74) is -0.421. The molecule has 0 bridgehead atoms. The predicted octanol–water partition coefficient (Wildman–Crippen LogP) is 2.33. The molecule has 1 aromatic heterocycles. The third-order valence-corrected chi connectivity index (χ3v) is 3.97. The number of benzene rings is 1. The second-order valence-corrected chi connectivity index (χ2v) is 7.09. The lowest BCUT2D eigenvalue weighted by Gasteiger charge is -2.19. The number of aliphatic hydroxyl groups is 1. The fourth-order valence-corrected chi connectivity index (χ4v) is 3.28. The molecule has 0 atom stereocenters. The van der Waals surface area contributed by atoms with Crippen molar-refractivity contribution < 1.29 is 13.5 Å². The average Bonchev–Trinajstić information content (AvgIpc) is 2.54. The van der Waals surface area contributed by atoms with Crippen LogP contribution in [0.5, 0.6) is 0 Å². The molecule has 2 rings (SSSR count). The zero-order chi connectivity index (χ0) is 13.7. The van der Waals surface area contributed by atoms with Gasteiger partial charge in [-0.25, -0.2) is 12.4 Å². The first-order chi connectivity index (χ1) is 8.10. The van der Waals surface area contributed by atoms with E-state index in [2.05, 4.69) is 0 Å². The predicted molar refractivity (Wildman–Crippen MR) is 72.4 cm³/mol. The minimum atomic E-state index is -3.50. The molecule has 0 radical (unpaired) electrons. The zero-order valence-electron chi connectivity index (χ0n) is 10.3. The van der Waals surface area contributed by atoms with Gasteiger partial charge in [-0.2, -0.15) is 0 Å². The first-order valence-corrected chi connectivity index (χ1v) is 7.58. The Hall–Kier alpha value is -1.04. The third kappa shape index (κ3) is 2.25. The molecule has 0 unspecified atom stereocenters. The molecule has 0 saturated heterocycles. The SMILES string of the molecule is CC(C)(O)c1cc2cc(Cl)ccc2n1S(C)(=O)=O. The molecule has 0 fully saturated rings. The monoisotopic (exact) mass is 287 g/mol. The van der Waals surface area contributed by atoms with Crippen LogP contribution in [-0.4, -0.2) is 23.8 Å². The van der Waals surface area contributed by atoms with Gasteiger partial charge in [-0.1, -0.05) is 11.6 Å². The molecule has 1 N–H and O–H groups in total. The van der Waals surface area contributed by atoms with E-state index in [1.54, 1.807) is 38.1 Å². The molecular formula is C12H14ClNO3S. The quantitative estimate of drug-likeness (QED) is 0.922. The molecule has 98 valence electrons. The minimum absolute atomic E-state index is 0.322. The highest BCUT2D eigenvalue weighted by Crippen LogP contribution is 2.30. The smallest absolute Gasteiger partial charge is 0.236 e. The molecule has 0 aliphatic rings. The van der Waals surface area contributed by atoms with Gasteiger partial charge in [0.05, 0.1) is 17.5 Å². The van der Waals surface area contributed by atoms with Crippen LogP contribution in [0.4, 0.5) is 0 Å². The van der Waals surface area contributed by atoms with Crippen LogP contribution < -0.4 is 0 Å². The van der Waals surface area contributed by atoms with Crippen molar-refractivity contribution in [3.8, 4) is 0 Å². The van der Waals surface area contributed by atoms with Crippen molar-refractivity contribution in [1.82, 2.24) is 3.97 Å². The topological polar surface area (TPSA) is 59.3 Å². The summed E-state index contributed by atoms with van der Waals surface area (Å²) in [6, 6.07) is 6.57. The van der Waals surface area contributed by atoms with E-state index in [-0.39, 0.29) is 0 Å². The van der Waals surface area contributed by atoms with E-state index >= 15 is 0 Å². The normalized spacial score (nSPS) is 13.2. The highest BCUT2D eigenvalue weighted by molar-refractivity contribution is 7.89. The Morgan fingerprint density at radius 2 is 1.89 bits per heavy atom. The summed E-state index contributed by atoms with van der Waals surface area (Å²) < 4.78 is 24.9. The van der Waals surface area contributed by atoms with Crippen LogP contribution in [0.2, 0.25) is 5.02 Å².